The second-order valence-corrected chi connectivity index (χ2v) is 5.43. The highest BCUT2D eigenvalue weighted by molar-refractivity contribution is 5.70. The van der Waals surface area contributed by atoms with Crippen LogP contribution in [0.2, 0.25) is 0 Å². The van der Waals surface area contributed by atoms with Gasteiger partial charge in [-0.2, -0.15) is 0 Å². The lowest BCUT2D eigenvalue weighted by Gasteiger charge is -2.11. The topological polar surface area (TPSA) is 12.9 Å². The van der Waals surface area contributed by atoms with Gasteiger partial charge in [0.25, 0.3) is 0 Å². The molecule has 0 aliphatic carbocycles. The van der Waals surface area contributed by atoms with Crippen LogP contribution in [0.25, 0.3) is 22.5 Å². The summed E-state index contributed by atoms with van der Waals surface area (Å²) in [5.74, 6) is 0. The van der Waals surface area contributed by atoms with Gasteiger partial charge in [0.05, 0.1) is 11.4 Å². The highest BCUT2D eigenvalue weighted by atomic mass is 14.7. The molecule has 0 radical (unpaired) electrons. The van der Waals surface area contributed by atoms with Crippen molar-refractivity contribution in [2.24, 2.45) is 0 Å². The Labute approximate surface area is 132 Å². The zero-order valence-corrected chi connectivity index (χ0v) is 13.2. The van der Waals surface area contributed by atoms with Crippen molar-refractivity contribution in [1.82, 2.24) is 4.98 Å². The number of benzene rings is 2. The summed E-state index contributed by atoms with van der Waals surface area (Å²) in [5.41, 5.74) is 7.27. The first-order chi connectivity index (χ1) is 10.8. The fourth-order valence-electron chi connectivity index (χ4n) is 2.89. The molecule has 0 fully saturated rings. The summed E-state index contributed by atoms with van der Waals surface area (Å²) in [7, 11) is 0. The molecule has 3 rings (SSSR count). The van der Waals surface area contributed by atoms with Gasteiger partial charge in [-0.25, -0.2) is 4.98 Å². The van der Waals surface area contributed by atoms with Crippen molar-refractivity contribution in [2.45, 2.75) is 26.7 Å². The Kier molecular flexibility index (Phi) is 4.34. The Morgan fingerprint density at radius 2 is 1.05 bits per heavy atom. The van der Waals surface area contributed by atoms with Gasteiger partial charge in [0.2, 0.25) is 0 Å². The van der Waals surface area contributed by atoms with Crippen LogP contribution >= 0.6 is 0 Å². The summed E-state index contributed by atoms with van der Waals surface area (Å²) in [6.45, 7) is 4.38. The van der Waals surface area contributed by atoms with Crippen molar-refractivity contribution in [3.63, 3.8) is 0 Å². The van der Waals surface area contributed by atoms with Crippen molar-refractivity contribution in [3.8, 4) is 22.5 Å². The summed E-state index contributed by atoms with van der Waals surface area (Å²) in [6.07, 6.45) is 2.04. The maximum absolute atomic E-state index is 4.93. The number of aromatic nitrogens is 1. The number of nitrogens with zero attached hydrogens (tertiary/aromatic N) is 1. The monoisotopic (exact) mass is 287 g/mol. The van der Waals surface area contributed by atoms with Crippen LogP contribution in [0, 0.1) is 0 Å². The lowest BCUT2D eigenvalue weighted by atomic mass is 9.99. The van der Waals surface area contributed by atoms with Crippen LogP contribution in [-0.4, -0.2) is 4.98 Å². The molecule has 2 aromatic carbocycles. The highest BCUT2D eigenvalue weighted by Crippen LogP contribution is 2.27. The molecule has 1 aromatic heterocycles. The van der Waals surface area contributed by atoms with Gasteiger partial charge in [0.15, 0.2) is 0 Å². The molecule has 0 N–H and O–H groups in total. The van der Waals surface area contributed by atoms with Gasteiger partial charge >= 0.3 is 0 Å². The normalized spacial score (nSPS) is 10.6. The van der Waals surface area contributed by atoms with Crippen molar-refractivity contribution < 1.29 is 0 Å². The van der Waals surface area contributed by atoms with Gasteiger partial charge in [-0.1, -0.05) is 68.4 Å². The van der Waals surface area contributed by atoms with E-state index in [1.807, 2.05) is 0 Å². The van der Waals surface area contributed by atoms with Crippen molar-refractivity contribution in [3.05, 3.63) is 77.9 Å². The van der Waals surface area contributed by atoms with Crippen LogP contribution in [-0.2, 0) is 12.8 Å². The average molecular weight is 287 g/mol. The first-order valence-corrected chi connectivity index (χ1v) is 7.97. The Bertz CT molecular complexity index is 711. The third-order valence-corrected chi connectivity index (χ3v) is 4.10. The molecule has 0 atom stereocenters. The summed E-state index contributed by atoms with van der Waals surface area (Å²) in [6, 6.07) is 23.4. The third kappa shape index (κ3) is 2.80. The van der Waals surface area contributed by atoms with E-state index in [0.29, 0.717) is 0 Å². The molecule has 0 saturated heterocycles. The molecule has 0 unspecified atom stereocenters. The molecule has 1 nitrogen and oxygen atoms in total. The minimum atomic E-state index is 1.02. The molecule has 0 saturated carbocycles. The van der Waals surface area contributed by atoms with Crippen LogP contribution in [0.5, 0.6) is 0 Å². The smallest absolute Gasteiger partial charge is 0.0712 e. The molecule has 3 aromatic rings. The summed E-state index contributed by atoms with van der Waals surface area (Å²) < 4.78 is 0. The maximum Gasteiger partial charge on any atom is 0.0712 e. The second-order valence-electron chi connectivity index (χ2n) is 5.43. The van der Waals surface area contributed by atoms with Crippen LogP contribution in [0.1, 0.15) is 25.0 Å². The Hall–Kier alpha value is -2.41. The summed E-state index contributed by atoms with van der Waals surface area (Å²) in [5, 5.41) is 0. The van der Waals surface area contributed by atoms with Gasteiger partial charge in [-0.3, -0.25) is 0 Å². The molecule has 0 aliphatic heterocycles. The van der Waals surface area contributed by atoms with Crippen molar-refractivity contribution in [1.29, 1.82) is 0 Å². The van der Waals surface area contributed by atoms with Gasteiger partial charge in [0, 0.05) is 11.1 Å². The van der Waals surface area contributed by atoms with E-state index in [1.54, 1.807) is 0 Å². The zero-order chi connectivity index (χ0) is 15.4. The van der Waals surface area contributed by atoms with E-state index in [4.69, 9.17) is 4.98 Å². The molecular weight excluding hydrogens is 266 g/mol. The number of pyridine rings is 1. The maximum atomic E-state index is 4.93. The van der Waals surface area contributed by atoms with Gasteiger partial charge in [-0.15, -0.1) is 0 Å². The predicted octanol–water partition coefficient (Wildman–Crippen LogP) is 5.54. The standard InChI is InChI=1S/C21H21N/c1-3-16-10-5-7-12-18(16)20-14-9-15-21(22-20)19-13-8-6-11-17(19)4-2/h5-15H,3-4H2,1-2H3. The molecule has 110 valence electrons. The molecular formula is C21H21N. The molecule has 0 bridgehead atoms. The molecule has 1 heterocycles. The quantitative estimate of drug-likeness (QED) is 0.614. The third-order valence-electron chi connectivity index (χ3n) is 4.10. The lowest BCUT2D eigenvalue weighted by molar-refractivity contribution is 1.13. The van der Waals surface area contributed by atoms with E-state index in [9.17, 15) is 0 Å². The SMILES string of the molecule is CCc1ccccc1-c1cccc(-c2ccccc2CC)n1. The largest absolute Gasteiger partial charge is 0.248 e. The number of rotatable bonds is 4. The van der Waals surface area contributed by atoms with Crippen LogP contribution in [0.4, 0.5) is 0 Å². The number of aryl methyl sites for hydroxylation is 2. The molecule has 0 amide bonds. The predicted molar refractivity (Wildman–Crippen MR) is 93.9 cm³/mol. The first-order valence-electron chi connectivity index (χ1n) is 7.97. The van der Waals surface area contributed by atoms with E-state index >= 15 is 0 Å². The van der Waals surface area contributed by atoms with Gasteiger partial charge in [-0.05, 0) is 36.1 Å². The van der Waals surface area contributed by atoms with E-state index < -0.39 is 0 Å². The van der Waals surface area contributed by atoms with Crippen LogP contribution in [0.15, 0.2) is 66.7 Å². The average Bonchev–Trinajstić information content (AvgIpc) is 2.61. The minimum Gasteiger partial charge on any atom is -0.248 e. The highest BCUT2D eigenvalue weighted by Gasteiger charge is 2.08. The fourth-order valence-corrected chi connectivity index (χ4v) is 2.89. The summed E-state index contributed by atoms with van der Waals surface area (Å²) in [4.78, 5) is 4.93. The minimum absolute atomic E-state index is 1.02. The van der Waals surface area contributed by atoms with E-state index in [1.165, 1.54) is 22.3 Å². The fraction of sp³-hybridized carbons (Fsp3) is 0.190. The van der Waals surface area contributed by atoms with Crippen molar-refractivity contribution >= 4 is 0 Å². The Morgan fingerprint density at radius 1 is 0.591 bits per heavy atom. The van der Waals surface area contributed by atoms with Crippen molar-refractivity contribution in [2.75, 3.05) is 0 Å². The molecule has 0 spiro atoms. The Morgan fingerprint density at radius 3 is 1.50 bits per heavy atom. The van der Waals surface area contributed by atoms with E-state index in [-0.39, 0.29) is 0 Å². The van der Waals surface area contributed by atoms with Crippen LogP contribution in [0.3, 0.4) is 0 Å². The molecule has 0 aliphatic rings. The second kappa shape index (κ2) is 6.57. The molecule has 22 heavy (non-hydrogen) atoms. The lowest BCUT2D eigenvalue weighted by Crippen LogP contribution is -1.94. The van der Waals surface area contributed by atoms with Gasteiger partial charge in [0.1, 0.15) is 0 Å². The van der Waals surface area contributed by atoms with E-state index in [2.05, 4.69) is 80.6 Å². The number of hydrogen-bond acceptors (Lipinski definition) is 1. The van der Waals surface area contributed by atoms with Gasteiger partial charge < -0.3 is 0 Å². The van der Waals surface area contributed by atoms with E-state index in [0.717, 1.165) is 24.2 Å². The number of hydrogen-bond donors (Lipinski definition) is 0. The Balaban J connectivity index is 2.10. The zero-order valence-electron chi connectivity index (χ0n) is 13.2. The first kappa shape index (κ1) is 14.5. The molecule has 1 heteroatoms. The van der Waals surface area contributed by atoms with Crippen LogP contribution < -0.4 is 0 Å². The summed E-state index contributed by atoms with van der Waals surface area (Å²) >= 11 is 0.